The lowest BCUT2D eigenvalue weighted by molar-refractivity contribution is 0.0697. The summed E-state index contributed by atoms with van der Waals surface area (Å²) in [5.41, 5.74) is 0.000849. The number of carboxylic acid groups (broad SMARTS) is 1. The van der Waals surface area contributed by atoms with Crippen LogP contribution in [0.5, 0.6) is 0 Å². The lowest BCUT2D eigenvalue weighted by Crippen LogP contribution is -1.99. The summed E-state index contributed by atoms with van der Waals surface area (Å²) in [7, 11) is 0. The summed E-state index contributed by atoms with van der Waals surface area (Å²) in [5.74, 6) is -1.16. The van der Waals surface area contributed by atoms with Gasteiger partial charge in [0, 0.05) is 4.90 Å². The molecule has 1 aromatic carbocycles. The largest absolute Gasteiger partial charge is 0.478 e. The molecule has 0 atom stereocenters. The Balaban J connectivity index is 3.47. The molecule has 0 radical (unpaired) electrons. The van der Waals surface area contributed by atoms with Crippen molar-refractivity contribution in [1.82, 2.24) is 0 Å². The summed E-state index contributed by atoms with van der Waals surface area (Å²) in [6.07, 6.45) is 0. The van der Waals surface area contributed by atoms with E-state index in [4.69, 9.17) is 22.0 Å². The van der Waals surface area contributed by atoms with Gasteiger partial charge in [-0.15, -0.1) is 12.6 Å². The molecule has 0 spiro atoms. The lowest BCUT2D eigenvalue weighted by Gasteiger charge is -2.02. The van der Waals surface area contributed by atoms with Crippen molar-refractivity contribution in [2.45, 2.75) is 4.90 Å². The van der Waals surface area contributed by atoms with Crippen LogP contribution in [0.3, 0.4) is 0 Å². The third-order valence-corrected chi connectivity index (χ3v) is 2.23. The van der Waals surface area contributed by atoms with E-state index in [2.05, 4.69) is 12.6 Å². The van der Waals surface area contributed by atoms with Crippen LogP contribution in [-0.4, -0.2) is 11.1 Å². The van der Waals surface area contributed by atoms with E-state index in [1.165, 1.54) is 12.1 Å². The molecule has 0 fully saturated rings. The van der Waals surface area contributed by atoms with Crippen LogP contribution in [0.25, 0.3) is 0 Å². The maximum Gasteiger partial charge on any atom is 0.337 e. The Bertz CT molecular complexity index is 411. The standard InChI is InChI=1S/C8H4ClNO2S/c9-7-4(8(11)12)1-2-6(13)5(7)3-10/h1-2,13H,(H,11,12). The number of nitrogens with zero attached hydrogens (tertiary/aromatic N) is 1. The number of nitriles is 1. The van der Waals surface area contributed by atoms with Crippen molar-refractivity contribution in [3.63, 3.8) is 0 Å². The number of halogens is 1. The minimum atomic E-state index is -1.16. The molecule has 1 rings (SSSR count). The summed E-state index contributed by atoms with van der Waals surface area (Å²) >= 11 is 9.62. The van der Waals surface area contributed by atoms with Crippen LogP contribution in [0.2, 0.25) is 5.02 Å². The second-order valence-electron chi connectivity index (χ2n) is 2.24. The van der Waals surface area contributed by atoms with Gasteiger partial charge in [-0.25, -0.2) is 4.79 Å². The van der Waals surface area contributed by atoms with Gasteiger partial charge >= 0.3 is 5.97 Å². The molecule has 0 saturated heterocycles. The van der Waals surface area contributed by atoms with Gasteiger partial charge in [-0.1, -0.05) is 11.6 Å². The fraction of sp³-hybridized carbons (Fsp3) is 0. The molecular formula is C8H4ClNO2S. The maximum absolute atomic E-state index is 10.6. The van der Waals surface area contributed by atoms with Crippen LogP contribution in [0, 0.1) is 11.3 Å². The molecule has 13 heavy (non-hydrogen) atoms. The molecule has 0 unspecified atom stereocenters. The number of thiol groups is 1. The van der Waals surface area contributed by atoms with Crippen LogP contribution < -0.4 is 0 Å². The van der Waals surface area contributed by atoms with E-state index >= 15 is 0 Å². The van der Waals surface area contributed by atoms with Crippen molar-refractivity contribution < 1.29 is 9.90 Å². The lowest BCUT2D eigenvalue weighted by atomic mass is 10.1. The smallest absolute Gasteiger partial charge is 0.337 e. The fourth-order valence-electron chi connectivity index (χ4n) is 0.837. The normalized spacial score (nSPS) is 9.31. The van der Waals surface area contributed by atoms with E-state index in [1.54, 1.807) is 6.07 Å². The Hall–Kier alpha value is -1.18. The quantitative estimate of drug-likeness (QED) is 0.703. The molecule has 0 aliphatic heterocycles. The number of hydrogen-bond acceptors (Lipinski definition) is 3. The molecule has 5 heteroatoms. The number of benzene rings is 1. The highest BCUT2D eigenvalue weighted by atomic mass is 35.5. The van der Waals surface area contributed by atoms with Gasteiger partial charge in [0.05, 0.1) is 16.1 Å². The molecule has 1 aromatic rings. The van der Waals surface area contributed by atoms with E-state index in [0.29, 0.717) is 4.90 Å². The van der Waals surface area contributed by atoms with Gasteiger partial charge in [0.15, 0.2) is 0 Å². The van der Waals surface area contributed by atoms with E-state index in [-0.39, 0.29) is 16.1 Å². The zero-order valence-corrected chi connectivity index (χ0v) is 7.93. The van der Waals surface area contributed by atoms with Crippen molar-refractivity contribution >= 4 is 30.2 Å². The van der Waals surface area contributed by atoms with Gasteiger partial charge in [-0.2, -0.15) is 5.26 Å². The number of rotatable bonds is 1. The Labute approximate surface area is 85.0 Å². The van der Waals surface area contributed by atoms with Crippen LogP contribution in [0.4, 0.5) is 0 Å². The first-order valence-electron chi connectivity index (χ1n) is 3.22. The van der Waals surface area contributed by atoms with E-state index in [9.17, 15) is 4.79 Å². The highest BCUT2D eigenvalue weighted by Gasteiger charge is 2.14. The molecule has 0 bridgehead atoms. The second-order valence-corrected chi connectivity index (χ2v) is 3.10. The molecule has 0 aliphatic carbocycles. The van der Waals surface area contributed by atoms with Crippen LogP contribution >= 0.6 is 24.2 Å². The average molecular weight is 214 g/mol. The van der Waals surface area contributed by atoms with E-state index < -0.39 is 5.97 Å². The SMILES string of the molecule is N#Cc1c(S)ccc(C(=O)O)c1Cl. The molecule has 66 valence electrons. The van der Waals surface area contributed by atoms with E-state index in [1.807, 2.05) is 0 Å². The van der Waals surface area contributed by atoms with Gasteiger partial charge in [-0.05, 0) is 12.1 Å². The number of carboxylic acids is 1. The van der Waals surface area contributed by atoms with Gasteiger partial charge in [0.2, 0.25) is 0 Å². The Morgan fingerprint density at radius 3 is 2.69 bits per heavy atom. The second kappa shape index (κ2) is 3.69. The monoisotopic (exact) mass is 213 g/mol. The third kappa shape index (κ3) is 1.77. The van der Waals surface area contributed by atoms with Crippen molar-refractivity contribution in [1.29, 1.82) is 5.26 Å². The van der Waals surface area contributed by atoms with Gasteiger partial charge < -0.3 is 5.11 Å². The minimum Gasteiger partial charge on any atom is -0.478 e. The van der Waals surface area contributed by atoms with Crippen molar-refractivity contribution in [3.05, 3.63) is 28.3 Å². The molecule has 1 N–H and O–H groups in total. The summed E-state index contributed by atoms with van der Waals surface area (Å²) in [6.45, 7) is 0. The van der Waals surface area contributed by atoms with Crippen LogP contribution in [-0.2, 0) is 0 Å². The predicted octanol–water partition coefficient (Wildman–Crippen LogP) is 2.20. The van der Waals surface area contributed by atoms with Crippen LogP contribution in [0.1, 0.15) is 15.9 Å². The van der Waals surface area contributed by atoms with Gasteiger partial charge in [0.1, 0.15) is 6.07 Å². The highest BCUT2D eigenvalue weighted by Crippen LogP contribution is 2.26. The first-order valence-corrected chi connectivity index (χ1v) is 4.05. The molecule has 0 heterocycles. The number of aromatic carboxylic acids is 1. The molecule has 0 amide bonds. The third-order valence-electron chi connectivity index (χ3n) is 1.46. The van der Waals surface area contributed by atoms with Crippen molar-refractivity contribution in [2.75, 3.05) is 0 Å². The summed E-state index contributed by atoms with van der Waals surface area (Å²) < 4.78 is 0. The van der Waals surface area contributed by atoms with Gasteiger partial charge in [-0.3, -0.25) is 0 Å². The van der Waals surface area contributed by atoms with Crippen molar-refractivity contribution in [2.24, 2.45) is 0 Å². The predicted molar refractivity (Wildman–Crippen MR) is 50.4 cm³/mol. The molecular weight excluding hydrogens is 210 g/mol. The Morgan fingerprint density at radius 2 is 2.23 bits per heavy atom. The number of hydrogen-bond donors (Lipinski definition) is 2. The first kappa shape index (κ1) is 9.90. The zero-order valence-electron chi connectivity index (χ0n) is 6.28. The Morgan fingerprint density at radius 1 is 1.62 bits per heavy atom. The summed E-state index contributed by atoms with van der Waals surface area (Å²) in [5, 5.41) is 17.2. The van der Waals surface area contributed by atoms with E-state index in [0.717, 1.165) is 0 Å². The topological polar surface area (TPSA) is 61.1 Å². The average Bonchev–Trinajstić information content (AvgIpc) is 2.04. The maximum atomic E-state index is 10.6. The van der Waals surface area contributed by atoms with Crippen molar-refractivity contribution in [3.8, 4) is 6.07 Å². The zero-order chi connectivity index (χ0) is 10.0. The summed E-state index contributed by atoms with van der Waals surface area (Å²) in [6, 6.07) is 4.53. The van der Waals surface area contributed by atoms with Gasteiger partial charge in [0.25, 0.3) is 0 Å². The molecule has 3 nitrogen and oxygen atoms in total. The molecule has 0 aromatic heterocycles. The summed E-state index contributed by atoms with van der Waals surface area (Å²) in [4.78, 5) is 11.0. The first-order chi connectivity index (χ1) is 6.07. The minimum absolute atomic E-state index is 0.0671. The van der Waals surface area contributed by atoms with Crippen LogP contribution in [0.15, 0.2) is 17.0 Å². The molecule has 0 saturated carbocycles. The molecule has 0 aliphatic rings. The fourth-order valence-corrected chi connectivity index (χ4v) is 1.43. The number of carbonyl (C=O) groups is 1. The Kier molecular flexibility index (Phi) is 2.81. The highest BCUT2D eigenvalue weighted by molar-refractivity contribution is 7.80.